The molecule has 1 aromatic heterocycles. The summed E-state index contributed by atoms with van der Waals surface area (Å²) in [5.41, 5.74) is 0. The topological polar surface area (TPSA) is 188 Å². The fraction of sp³-hybridized carbons (Fsp3) is 0.667. The van der Waals surface area contributed by atoms with Crippen LogP contribution in [0.2, 0.25) is 0 Å². The quantitative estimate of drug-likeness (QED) is 0.0628. The van der Waals surface area contributed by atoms with Crippen molar-refractivity contribution in [1.82, 2.24) is 10.2 Å². The number of anilines is 1. The van der Waals surface area contributed by atoms with Crippen LogP contribution in [0.3, 0.4) is 0 Å². The Morgan fingerprint density at radius 2 is 1.95 bits per heavy atom. The molecule has 1 aliphatic carbocycles. The first-order chi connectivity index (χ1) is 19.5. The Balaban J connectivity index is 1.65. The van der Waals surface area contributed by atoms with E-state index in [0.717, 1.165) is 25.5 Å². The van der Waals surface area contributed by atoms with Gasteiger partial charge in [-0.05, 0) is 31.6 Å². The van der Waals surface area contributed by atoms with E-state index < -0.39 is 40.2 Å². The van der Waals surface area contributed by atoms with Crippen molar-refractivity contribution >= 4 is 44.6 Å². The SMILES string of the molecule is CCCCC[C@H](O)/C=C/[C@@H]1[C@@H](C/C=C\CCCC(=O)OCC/C=N/S(=O)(=O)c2nnc(NC(C)=O)s2)[C@@H](O)C[C@H]1O. The molecule has 0 unspecified atom stereocenters. The Kier molecular flexibility index (Phi) is 15.3. The molecular formula is C27H42N4O8S2. The number of carbonyl (C=O) groups excluding carboxylic acids is 2. The van der Waals surface area contributed by atoms with E-state index in [4.69, 9.17) is 4.74 Å². The Morgan fingerprint density at radius 1 is 1.17 bits per heavy atom. The van der Waals surface area contributed by atoms with Crippen molar-refractivity contribution in [2.75, 3.05) is 11.9 Å². The minimum absolute atomic E-state index is 0.0228. The lowest BCUT2D eigenvalue weighted by atomic mass is 9.89. The van der Waals surface area contributed by atoms with Gasteiger partial charge in [0.15, 0.2) is 0 Å². The normalized spacial score (nSPS) is 22.2. The summed E-state index contributed by atoms with van der Waals surface area (Å²) < 4.78 is 32.5. The summed E-state index contributed by atoms with van der Waals surface area (Å²) in [4.78, 5) is 23.0. The van der Waals surface area contributed by atoms with E-state index in [1.165, 1.54) is 6.92 Å². The molecule has 5 atom stereocenters. The van der Waals surface area contributed by atoms with E-state index in [0.29, 0.717) is 43.4 Å². The number of carbonyl (C=O) groups is 2. The summed E-state index contributed by atoms with van der Waals surface area (Å²) in [6, 6.07) is 0. The van der Waals surface area contributed by atoms with E-state index in [1.54, 1.807) is 6.08 Å². The number of nitrogens with one attached hydrogen (secondary N) is 1. The van der Waals surface area contributed by atoms with Crippen molar-refractivity contribution in [3.05, 3.63) is 24.3 Å². The molecular weight excluding hydrogens is 572 g/mol. The van der Waals surface area contributed by atoms with Crippen molar-refractivity contribution in [2.45, 2.75) is 101 Å². The molecule has 41 heavy (non-hydrogen) atoms. The van der Waals surface area contributed by atoms with Crippen LogP contribution in [-0.4, -0.2) is 76.9 Å². The molecule has 0 saturated heterocycles. The van der Waals surface area contributed by atoms with E-state index in [2.05, 4.69) is 26.8 Å². The van der Waals surface area contributed by atoms with E-state index in [-0.39, 0.29) is 40.8 Å². The van der Waals surface area contributed by atoms with Gasteiger partial charge in [-0.2, -0.15) is 12.8 Å². The highest BCUT2D eigenvalue weighted by molar-refractivity contribution is 7.92. The molecule has 0 radical (unpaired) electrons. The Morgan fingerprint density at radius 3 is 2.68 bits per heavy atom. The average molecular weight is 615 g/mol. The van der Waals surface area contributed by atoms with Crippen molar-refractivity contribution in [1.29, 1.82) is 0 Å². The highest BCUT2D eigenvalue weighted by Gasteiger charge is 2.39. The van der Waals surface area contributed by atoms with Gasteiger partial charge in [0.2, 0.25) is 11.0 Å². The number of hydrogen-bond donors (Lipinski definition) is 4. The minimum atomic E-state index is -4.06. The molecule has 1 fully saturated rings. The Bertz CT molecular complexity index is 1150. The van der Waals surface area contributed by atoms with Gasteiger partial charge in [-0.25, -0.2) is 0 Å². The number of unbranched alkanes of at least 4 members (excludes halogenated alkanes) is 3. The lowest BCUT2D eigenvalue weighted by Crippen LogP contribution is -2.20. The maximum Gasteiger partial charge on any atom is 0.311 e. The van der Waals surface area contributed by atoms with Gasteiger partial charge in [0.05, 0.1) is 24.9 Å². The smallest absolute Gasteiger partial charge is 0.311 e. The third kappa shape index (κ3) is 12.9. The zero-order valence-electron chi connectivity index (χ0n) is 23.6. The number of sulfonamides is 1. The molecule has 1 aliphatic rings. The number of allylic oxidation sites excluding steroid dienone is 2. The summed E-state index contributed by atoms with van der Waals surface area (Å²) in [5.74, 6) is -1.16. The fourth-order valence-electron chi connectivity index (χ4n) is 4.41. The van der Waals surface area contributed by atoms with Crippen LogP contribution in [0, 0.1) is 11.8 Å². The molecule has 1 saturated carbocycles. The third-order valence-electron chi connectivity index (χ3n) is 6.53. The molecule has 4 N–H and O–H groups in total. The maximum absolute atomic E-state index is 12.1. The summed E-state index contributed by atoms with van der Waals surface area (Å²) in [6.07, 6.45) is 13.0. The van der Waals surface area contributed by atoms with Crippen LogP contribution in [0.15, 0.2) is 33.0 Å². The van der Waals surface area contributed by atoms with Crippen LogP contribution < -0.4 is 5.32 Å². The van der Waals surface area contributed by atoms with Gasteiger partial charge in [-0.15, -0.1) is 10.2 Å². The monoisotopic (exact) mass is 614 g/mol. The first-order valence-corrected chi connectivity index (χ1v) is 16.2. The highest BCUT2D eigenvalue weighted by Crippen LogP contribution is 2.36. The number of rotatable bonds is 18. The molecule has 12 nitrogen and oxygen atoms in total. The molecule has 1 amide bonds. The summed E-state index contributed by atoms with van der Waals surface area (Å²) in [5, 5.41) is 40.4. The Labute approximate surface area is 245 Å². The molecule has 0 aromatic carbocycles. The third-order valence-corrected chi connectivity index (χ3v) is 9.00. The van der Waals surface area contributed by atoms with Gasteiger partial charge in [-0.1, -0.05) is 61.8 Å². The van der Waals surface area contributed by atoms with Crippen LogP contribution in [0.1, 0.15) is 78.1 Å². The lowest BCUT2D eigenvalue weighted by Gasteiger charge is -2.19. The number of aliphatic hydroxyl groups excluding tert-OH is 3. The average Bonchev–Trinajstić information content (AvgIpc) is 3.48. The second kappa shape index (κ2) is 18.1. The molecule has 0 aliphatic heterocycles. The largest absolute Gasteiger partial charge is 0.465 e. The second-order valence-electron chi connectivity index (χ2n) is 9.99. The molecule has 0 bridgehead atoms. The van der Waals surface area contributed by atoms with Crippen molar-refractivity contribution in [2.24, 2.45) is 16.2 Å². The van der Waals surface area contributed by atoms with Gasteiger partial charge in [0.1, 0.15) is 0 Å². The molecule has 1 heterocycles. The van der Waals surface area contributed by atoms with Crippen LogP contribution in [0.25, 0.3) is 0 Å². The van der Waals surface area contributed by atoms with E-state index in [1.807, 2.05) is 18.2 Å². The number of hydrogen-bond acceptors (Lipinski definition) is 11. The number of amides is 1. The first kappa shape index (κ1) is 34.7. The number of ether oxygens (including phenoxy) is 1. The van der Waals surface area contributed by atoms with Crippen LogP contribution in [-0.2, 0) is 24.3 Å². The van der Waals surface area contributed by atoms with E-state index >= 15 is 0 Å². The molecule has 2 rings (SSSR count). The van der Waals surface area contributed by atoms with Gasteiger partial charge >= 0.3 is 16.0 Å². The van der Waals surface area contributed by atoms with Gasteiger partial charge < -0.3 is 25.4 Å². The standard InChI is InChI=1S/C27H42N4O8S2/c1-3-4-7-11-20(33)14-15-22-21(23(34)18-24(22)35)12-8-5-6-9-13-25(36)39-17-10-16-28-41(37,38)27-31-30-26(40-27)29-19(2)32/h5,8,14-16,20-24,33-35H,3-4,6-7,9-13,17-18H2,1-2H3,(H,29,30,32)/b8-5-,15-14+,28-16+/t20-,21+,22+,23-,24+/m0/s1. The van der Waals surface area contributed by atoms with Gasteiger partial charge in [-0.3, -0.25) is 9.59 Å². The van der Waals surface area contributed by atoms with Gasteiger partial charge in [0, 0.05) is 38.3 Å². The summed E-state index contributed by atoms with van der Waals surface area (Å²) in [6.45, 7) is 3.35. The van der Waals surface area contributed by atoms with Crippen molar-refractivity contribution < 1.29 is 38.1 Å². The van der Waals surface area contributed by atoms with Gasteiger partial charge in [0.25, 0.3) is 4.34 Å². The highest BCUT2D eigenvalue weighted by atomic mass is 32.2. The minimum Gasteiger partial charge on any atom is -0.465 e. The molecule has 0 spiro atoms. The zero-order valence-corrected chi connectivity index (χ0v) is 25.2. The molecule has 14 heteroatoms. The maximum atomic E-state index is 12.1. The van der Waals surface area contributed by atoms with Crippen LogP contribution >= 0.6 is 11.3 Å². The predicted octanol–water partition coefficient (Wildman–Crippen LogP) is 3.16. The summed E-state index contributed by atoms with van der Waals surface area (Å²) in [7, 11) is -4.06. The van der Waals surface area contributed by atoms with Crippen molar-refractivity contribution in [3.8, 4) is 0 Å². The van der Waals surface area contributed by atoms with Crippen LogP contribution in [0.5, 0.6) is 0 Å². The molecule has 230 valence electrons. The predicted molar refractivity (Wildman–Crippen MR) is 156 cm³/mol. The Hall–Kier alpha value is -2.52. The second-order valence-corrected chi connectivity index (χ2v) is 12.8. The number of aromatic nitrogens is 2. The first-order valence-electron chi connectivity index (χ1n) is 14.0. The number of aliphatic hydroxyl groups is 3. The van der Waals surface area contributed by atoms with E-state index in [9.17, 15) is 33.3 Å². The lowest BCUT2D eigenvalue weighted by molar-refractivity contribution is -0.143. The number of esters is 1. The zero-order chi connectivity index (χ0) is 30.3. The number of nitrogens with zero attached hydrogens (tertiary/aromatic N) is 3. The van der Waals surface area contributed by atoms with Crippen LogP contribution in [0.4, 0.5) is 5.13 Å². The van der Waals surface area contributed by atoms with Crippen molar-refractivity contribution in [3.63, 3.8) is 0 Å². The molecule has 1 aromatic rings. The summed E-state index contributed by atoms with van der Waals surface area (Å²) >= 11 is 0.682. The fourth-order valence-corrected chi connectivity index (χ4v) is 6.25.